The standard InChI is InChI=1S/C40H33N/c1-39(2)32-15-8-14-30-31-22-27(24-18-20-26(21-19-24)29-13-7-11-25-10-5-6-12-28(25)29)23-35-37(31)41(36(30)32)38-33(39)16-9-17-34(38)40(35,3)4/h5-21,23,31H,22H2,1-4H3. The number of anilines is 2. The summed E-state index contributed by atoms with van der Waals surface area (Å²) >= 11 is 0. The van der Waals surface area contributed by atoms with E-state index in [4.69, 9.17) is 0 Å². The van der Waals surface area contributed by atoms with E-state index in [0.717, 1.165) is 6.42 Å². The molecular weight excluding hydrogens is 494 g/mol. The van der Waals surface area contributed by atoms with Gasteiger partial charge in [0.25, 0.3) is 0 Å². The third-order valence-electron chi connectivity index (χ3n) is 10.6. The van der Waals surface area contributed by atoms with Gasteiger partial charge in [-0.15, -0.1) is 0 Å². The van der Waals surface area contributed by atoms with Gasteiger partial charge in [-0.2, -0.15) is 0 Å². The molecule has 4 aliphatic rings. The number of nitrogens with zero attached hydrogens (tertiary/aromatic N) is 1. The van der Waals surface area contributed by atoms with E-state index in [1.165, 1.54) is 77.9 Å². The molecule has 0 radical (unpaired) electrons. The lowest BCUT2D eigenvalue weighted by atomic mass is 9.65. The Morgan fingerprint density at radius 3 is 2.05 bits per heavy atom. The Morgan fingerprint density at radius 2 is 1.24 bits per heavy atom. The molecule has 1 heteroatoms. The molecule has 0 spiro atoms. The highest BCUT2D eigenvalue weighted by molar-refractivity contribution is 5.97. The minimum absolute atomic E-state index is 0.0253. The van der Waals surface area contributed by atoms with Gasteiger partial charge < -0.3 is 4.90 Å². The zero-order chi connectivity index (χ0) is 27.7. The highest BCUT2D eigenvalue weighted by Crippen LogP contribution is 2.66. The van der Waals surface area contributed by atoms with Crippen molar-refractivity contribution in [2.75, 3.05) is 4.90 Å². The lowest BCUT2D eigenvalue weighted by Crippen LogP contribution is -2.39. The van der Waals surface area contributed by atoms with Crippen LogP contribution in [0.15, 0.2) is 120 Å². The van der Waals surface area contributed by atoms with E-state index < -0.39 is 0 Å². The molecule has 5 aromatic carbocycles. The van der Waals surface area contributed by atoms with E-state index in [9.17, 15) is 0 Å². The molecule has 3 aliphatic heterocycles. The summed E-state index contributed by atoms with van der Waals surface area (Å²) in [6.07, 6.45) is 3.58. The maximum absolute atomic E-state index is 2.67. The summed E-state index contributed by atoms with van der Waals surface area (Å²) in [6.45, 7) is 9.70. The van der Waals surface area contributed by atoms with Gasteiger partial charge in [0.1, 0.15) is 0 Å². The largest absolute Gasteiger partial charge is 0.312 e. The first-order valence-corrected chi connectivity index (χ1v) is 15.0. The second kappa shape index (κ2) is 7.68. The molecule has 3 heterocycles. The average Bonchev–Trinajstić information content (AvgIpc) is 3.33. The number of rotatable bonds is 2. The lowest BCUT2D eigenvalue weighted by Gasteiger charge is -2.49. The second-order valence-corrected chi connectivity index (χ2v) is 13.4. The maximum atomic E-state index is 2.67. The van der Waals surface area contributed by atoms with Crippen molar-refractivity contribution in [2.45, 2.75) is 50.9 Å². The first-order chi connectivity index (χ1) is 19.9. The Hall–Kier alpha value is -4.36. The molecule has 0 aromatic heterocycles. The number of allylic oxidation sites excluding steroid dienone is 4. The Labute approximate surface area is 242 Å². The van der Waals surface area contributed by atoms with Crippen LogP contribution in [0.5, 0.6) is 0 Å². The fourth-order valence-corrected chi connectivity index (χ4v) is 8.42. The topological polar surface area (TPSA) is 3.24 Å². The molecule has 0 N–H and O–H groups in total. The normalized spacial score (nSPS) is 20.2. The van der Waals surface area contributed by atoms with E-state index >= 15 is 0 Å². The molecule has 0 saturated heterocycles. The Kier molecular flexibility index (Phi) is 4.37. The molecule has 198 valence electrons. The molecule has 0 amide bonds. The first-order valence-electron chi connectivity index (χ1n) is 15.0. The fourth-order valence-electron chi connectivity index (χ4n) is 8.42. The molecule has 0 bridgehead atoms. The summed E-state index contributed by atoms with van der Waals surface area (Å²) in [6, 6.07) is 38.7. The molecule has 9 rings (SSSR count). The quantitative estimate of drug-likeness (QED) is 0.221. The monoisotopic (exact) mass is 527 g/mol. The zero-order valence-corrected chi connectivity index (χ0v) is 24.1. The average molecular weight is 528 g/mol. The van der Waals surface area contributed by atoms with E-state index in [0.29, 0.717) is 5.92 Å². The number of para-hydroxylation sites is 2. The first kappa shape index (κ1) is 23.4. The van der Waals surface area contributed by atoms with Gasteiger partial charge in [-0.3, -0.25) is 0 Å². The van der Waals surface area contributed by atoms with Crippen LogP contribution >= 0.6 is 0 Å². The Morgan fingerprint density at radius 1 is 0.610 bits per heavy atom. The third kappa shape index (κ3) is 2.87. The molecule has 1 nitrogen and oxygen atoms in total. The van der Waals surface area contributed by atoms with E-state index in [2.05, 4.69) is 142 Å². The number of hydrogen-bond acceptors (Lipinski definition) is 1. The van der Waals surface area contributed by atoms with Crippen LogP contribution in [-0.2, 0) is 10.8 Å². The van der Waals surface area contributed by atoms with Gasteiger partial charge in [0, 0.05) is 22.4 Å². The molecule has 1 unspecified atom stereocenters. The fraction of sp³-hybridized carbons (Fsp3) is 0.200. The van der Waals surface area contributed by atoms with Crippen LogP contribution in [-0.4, -0.2) is 0 Å². The number of fused-ring (bicyclic) bond motifs is 2. The van der Waals surface area contributed by atoms with E-state index in [-0.39, 0.29) is 10.8 Å². The van der Waals surface area contributed by atoms with Crippen LogP contribution in [0.25, 0.3) is 27.5 Å². The SMILES string of the molecule is CC1(C)C2=C3C(CC(c4ccc(-c5cccc6ccccc56)cc4)=C2)c2cccc4c2N3c2c1cccc2C4(C)C. The van der Waals surface area contributed by atoms with Gasteiger partial charge in [-0.25, -0.2) is 0 Å². The van der Waals surface area contributed by atoms with Crippen molar-refractivity contribution in [1.29, 1.82) is 0 Å². The Bertz CT molecular complexity index is 2010. The van der Waals surface area contributed by atoms with Crippen LogP contribution in [0.2, 0.25) is 0 Å². The van der Waals surface area contributed by atoms with Crippen LogP contribution < -0.4 is 4.90 Å². The minimum atomic E-state index is -0.0698. The molecule has 1 aliphatic carbocycles. The second-order valence-electron chi connectivity index (χ2n) is 13.4. The van der Waals surface area contributed by atoms with Crippen molar-refractivity contribution in [3.05, 3.63) is 148 Å². The van der Waals surface area contributed by atoms with Gasteiger partial charge >= 0.3 is 0 Å². The van der Waals surface area contributed by atoms with Gasteiger partial charge in [-0.05, 0) is 67.3 Å². The van der Waals surface area contributed by atoms with Gasteiger partial charge in [0.05, 0.1) is 11.4 Å². The third-order valence-corrected chi connectivity index (χ3v) is 10.6. The number of hydrogen-bond donors (Lipinski definition) is 0. The van der Waals surface area contributed by atoms with Gasteiger partial charge in [-0.1, -0.05) is 137 Å². The molecule has 1 atom stereocenters. The van der Waals surface area contributed by atoms with E-state index in [1.807, 2.05) is 0 Å². The van der Waals surface area contributed by atoms with Gasteiger partial charge in [0.15, 0.2) is 0 Å². The highest BCUT2D eigenvalue weighted by Gasteiger charge is 2.53. The molecule has 0 saturated carbocycles. The summed E-state index contributed by atoms with van der Waals surface area (Å²) in [7, 11) is 0. The lowest BCUT2D eigenvalue weighted by molar-refractivity contribution is 0.580. The van der Waals surface area contributed by atoms with Crippen LogP contribution in [0.3, 0.4) is 0 Å². The van der Waals surface area contributed by atoms with Crippen molar-refractivity contribution < 1.29 is 0 Å². The minimum Gasteiger partial charge on any atom is -0.312 e. The predicted molar refractivity (Wildman–Crippen MR) is 172 cm³/mol. The summed E-state index contributed by atoms with van der Waals surface area (Å²) in [4.78, 5) is 2.67. The van der Waals surface area contributed by atoms with Crippen molar-refractivity contribution >= 4 is 27.7 Å². The molecular formula is C40H33N. The number of benzene rings is 5. The van der Waals surface area contributed by atoms with Crippen LogP contribution in [0, 0.1) is 0 Å². The van der Waals surface area contributed by atoms with Crippen LogP contribution in [0.1, 0.15) is 67.9 Å². The summed E-state index contributed by atoms with van der Waals surface area (Å²) in [5, 5.41) is 2.60. The molecule has 5 aromatic rings. The van der Waals surface area contributed by atoms with Crippen molar-refractivity contribution in [1.82, 2.24) is 0 Å². The van der Waals surface area contributed by atoms with Crippen molar-refractivity contribution in [2.24, 2.45) is 0 Å². The van der Waals surface area contributed by atoms with Crippen molar-refractivity contribution in [3.63, 3.8) is 0 Å². The Balaban J connectivity index is 1.22. The van der Waals surface area contributed by atoms with Gasteiger partial charge in [0.2, 0.25) is 0 Å². The summed E-state index contributed by atoms with van der Waals surface area (Å²) in [5.74, 6) is 0.382. The van der Waals surface area contributed by atoms with Crippen LogP contribution in [0.4, 0.5) is 11.4 Å². The van der Waals surface area contributed by atoms with E-state index in [1.54, 1.807) is 0 Å². The molecule has 0 fully saturated rings. The molecule has 41 heavy (non-hydrogen) atoms. The highest BCUT2D eigenvalue weighted by atomic mass is 15.2. The summed E-state index contributed by atoms with van der Waals surface area (Å²) in [5.41, 5.74) is 17.0. The smallest absolute Gasteiger partial charge is 0.0540 e. The summed E-state index contributed by atoms with van der Waals surface area (Å²) < 4.78 is 0. The van der Waals surface area contributed by atoms with Crippen molar-refractivity contribution in [3.8, 4) is 11.1 Å². The predicted octanol–water partition coefficient (Wildman–Crippen LogP) is 10.4. The zero-order valence-electron chi connectivity index (χ0n) is 24.1. The maximum Gasteiger partial charge on any atom is 0.0540 e.